The number of anilines is 1. The maximum absolute atomic E-state index is 14.8. The van der Waals surface area contributed by atoms with Crippen molar-refractivity contribution in [1.29, 1.82) is 0 Å². The molecule has 5 aromatic rings. The SMILES string of the molecule is O=C1OCC(c2ccccc2)N1c1ccn2ncc(-c3ccc(-c4nc[nH]n4)c(F)c3)c2n1. The van der Waals surface area contributed by atoms with Crippen molar-refractivity contribution in [2.24, 2.45) is 0 Å². The number of ether oxygens (including phenoxy) is 1. The Morgan fingerprint density at radius 2 is 1.97 bits per heavy atom. The fraction of sp³-hybridized carbons (Fsp3) is 0.0870. The lowest BCUT2D eigenvalue weighted by Gasteiger charge is -2.20. The van der Waals surface area contributed by atoms with E-state index in [0.717, 1.165) is 5.56 Å². The molecule has 33 heavy (non-hydrogen) atoms. The summed E-state index contributed by atoms with van der Waals surface area (Å²) in [7, 11) is 0. The Morgan fingerprint density at radius 3 is 2.76 bits per heavy atom. The molecule has 10 heteroatoms. The molecular formula is C23H16FN7O2. The summed E-state index contributed by atoms with van der Waals surface area (Å²) < 4.78 is 21.7. The fourth-order valence-electron chi connectivity index (χ4n) is 4.00. The fourth-order valence-corrected chi connectivity index (χ4v) is 4.00. The summed E-state index contributed by atoms with van der Waals surface area (Å²) in [6.45, 7) is 0.232. The van der Waals surface area contributed by atoms with Crippen LogP contribution in [-0.4, -0.2) is 42.5 Å². The van der Waals surface area contributed by atoms with Crippen LogP contribution in [0.2, 0.25) is 0 Å². The summed E-state index contributed by atoms with van der Waals surface area (Å²) >= 11 is 0. The molecule has 2 aromatic carbocycles. The topological polar surface area (TPSA) is 101 Å². The molecule has 0 spiro atoms. The number of benzene rings is 2. The van der Waals surface area contributed by atoms with E-state index in [4.69, 9.17) is 9.72 Å². The van der Waals surface area contributed by atoms with Crippen molar-refractivity contribution in [3.8, 4) is 22.5 Å². The van der Waals surface area contributed by atoms with Gasteiger partial charge in [0.2, 0.25) is 0 Å². The predicted molar refractivity (Wildman–Crippen MR) is 117 cm³/mol. The molecule has 3 aromatic heterocycles. The molecule has 1 fully saturated rings. The zero-order chi connectivity index (χ0) is 22.4. The Bertz CT molecular complexity index is 1470. The third-order valence-electron chi connectivity index (χ3n) is 5.59. The second kappa shape index (κ2) is 7.52. The monoisotopic (exact) mass is 441 g/mol. The summed E-state index contributed by atoms with van der Waals surface area (Å²) in [6, 6.07) is 15.8. The first-order valence-corrected chi connectivity index (χ1v) is 10.2. The van der Waals surface area contributed by atoms with E-state index in [1.807, 2.05) is 30.3 Å². The van der Waals surface area contributed by atoms with E-state index in [-0.39, 0.29) is 24.0 Å². The number of fused-ring (bicyclic) bond motifs is 1. The van der Waals surface area contributed by atoms with Crippen LogP contribution in [-0.2, 0) is 4.74 Å². The molecule has 0 aliphatic carbocycles. The maximum Gasteiger partial charge on any atom is 0.416 e. The molecule has 6 rings (SSSR count). The number of aromatic nitrogens is 6. The van der Waals surface area contributed by atoms with Crippen LogP contribution < -0.4 is 4.90 Å². The third kappa shape index (κ3) is 3.19. The lowest BCUT2D eigenvalue weighted by Crippen LogP contribution is -2.28. The number of carbonyl (C=O) groups is 1. The quantitative estimate of drug-likeness (QED) is 0.452. The third-order valence-corrected chi connectivity index (χ3v) is 5.59. The molecule has 1 N–H and O–H groups in total. The first-order chi connectivity index (χ1) is 16.2. The number of nitrogens with zero attached hydrogens (tertiary/aromatic N) is 6. The standard InChI is InChI=1S/C23H16FN7O2/c24-18-10-15(6-7-16(18)21-25-13-26-29-21)17-11-27-30-9-8-20(28-22(17)30)31-19(12-33-23(31)32)14-4-2-1-3-5-14/h1-11,13,19H,12H2,(H,25,26,29). The second-order valence-corrected chi connectivity index (χ2v) is 7.50. The van der Waals surface area contributed by atoms with Crippen molar-refractivity contribution >= 4 is 17.6 Å². The first kappa shape index (κ1) is 19.1. The maximum atomic E-state index is 14.8. The Kier molecular flexibility index (Phi) is 4.35. The van der Waals surface area contributed by atoms with Gasteiger partial charge in [0.1, 0.15) is 30.6 Å². The summed E-state index contributed by atoms with van der Waals surface area (Å²) in [6.07, 6.45) is 4.26. The molecule has 1 aliphatic heterocycles. The highest BCUT2D eigenvalue weighted by atomic mass is 19.1. The number of H-pyrrole nitrogens is 1. The Labute approximate surface area is 186 Å². The van der Waals surface area contributed by atoms with Gasteiger partial charge < -0.3 is 4.74 Å². The van der Waals surface area contributed by atoms with E-state index in [1.54, 1.807) is 35.1 Å². The van der Waals surface area contributed by atoms with E-state index in [2.05, 4.69) is 20.3 Å². The number of hydrogen-bond acceptors (Lipinski definition) is 6. The number of rotatable bonds is 4. The number of hydrogen-bond donors (Lipinski definition) is 1. The van der Waals surface area contributed by atoms with E-state index < -0.39 is 11.9 Å². The molecule has 1 aliphatic rings. The van der Waals surface area contributed by atoms with Gasteiger partial charge in [-0.15, -0.1) is 0 Å². The normalized spacial score (nSPS) is 15.8. The van der Waals surface area contributed by atoms with Crippen LogP contribution >= 0.6 is 0 Å². The van der Waals surface area contributed by atoms with Gasteiger partial charge in [0.05, 0.1) is 11.8 Å². The van der Waals surface area contributed by atoms with Crippen LogP contribution in [0.25, 0.3) is 28.2 Å². The van der Waals surface area contributed by atoms with Crippen molar-refractivity contribution in [2.45, 2.75) is 6.04 Å². The summed E-state index contributed by atoms with van der Waals surface area (Å²) in [4.78, 5) is 22.8. The predicted octanol–water partition coefficient (Wildman–Crippen LogP) is 4.02. The summed E-state index contributed by atoms with van der Waals surface area (Å²) in [5, 5.41) is 10.8. The minimum Gasteiger partial charge on any atom is -0.447 e. The van der Waals surface area contributed by atoms with Crippen molar-refractivity contribution in [3.05, 3.63) is 84.7 Å². The molecule has 1 amide bonds. The van der Waals surface area contributed by atoms with Gasteiger partial charge in [-0.1, -0.05) is 36.4 Å². The molecule has 9 nitrogen and oxygen atoms in total. The minimum absolute atomic E-state index is 0.232. The second-order valence-electron chi connectivity index (χ2n) is 7.50. The number of cyclic esters (lactones) is 1. The van der Waals surface area contributed by atoms with Crippen molar-refractivity contribution in [3.63, 3.8) is 0 Å². The Morgan fingerprint density at radius 1 is 1.09 bits per heavy atom. The van der Waals surface area contributed by atoms with Gasteiger partial charge >= 0.3 is 6.09 Å². The average molecular weight is 441 g/mol. The van der Waals surface area contributed by atoms with Crippen molar-refractivity contribution in [2.75, 3.05) is 11.5 Å². The molecule has 4 heterocycles. The lowest BCUT2D eigenvalue weighted by molar-refractivity contribution is 0.179. The van der Waals surface area contributed by atoms with E-state index in [0.29, 0.717) is 22.6 Å². The van der Waals surface area contributed by atoms with E-state index >= 15 is 0 Å². The summed E-state index contributed by atoms with van der Waals surface area (Å²) in [5.74, 6) is 0.243. The smallest absolute Gasteiger partial charge is 0.416 e. The van der Waals surface area contributed by atoms with Gasteiger partial charge in [0.25, 0.3) is 0 Å². The van der Waals surface area contributed by atoms with Crippen LogP contribution in [0.15, 0.2) is 73.3 Å². The van der Waals surface area contributed by atoms with Crippen LogP contribution in [0.3, 0.4) is 0 Å². The molecule has 0 saturated carbocycles. The lowest BCUT2D eigenvalue weighted by atomic mass is 10.1. The number of aromatic amines is 1. The van der Waals surface area contributed by atoms with Crippen LogP contribution in [0.4, 0.5) is 15.0 Å². The van der Waals surface area contributed by atoms with Gasteiger partial charge in [-0.25, -0.2) is 23.7 Å². The molecule has 1 unspecified atom stereocenters. The first-order valence-electron chi connectivity index (χ1n) is 10.2. The van der Waals surface area contributed by atoms with Crippen molar-refractivity contribution < 1.29 is 13.9 Å². The van der Waals surface area contributed by atoms with Gasteiger partial charge in [-0.2, -0.15) is 10.2 Å². The van der Waals surface area contributed by atoms with Crippen LogP contribution in [0.1, 0.15) is 11.6 Å². The zero-order valence-corrected chi connectivity index (χ0v) is 17.1. The number of nitrogens with one attached hydrogen (secondary N) is 1. The van der Waals surface area contributed by atoms with Crippen molar-refractivity contribution in [1.82, 2.24) is 29.8 Å². The number of amides is 1. The van der Waals surface area contributed by atoms with Gasteiger partial charge in [0.15, 0.2) is 11.5 Å². The highest BCUT2D eigenvalue weighted by Gasteiger charge is 2.36. The molecule has 1 atom stereocenters. The Balaban J connectivity index is 1.41. The highest BCUT2D eigenvalue weighted by Crippen LogP contribution is 2.34. The van der Waals surface area contributed by atoms with Gasteiger partial charge in [-0.05, 0) is 29.3 Å². The molecular weight excluding hydrogens is 425 g/mol. The molecule has 162 valence electrons. The summed E-state index contributed by atoms with van der Waals surface area (Å²) in [5.41, 5.74) is 2.94. The van der Waals surface area contributed by atoms with Gasteiger partial charge in [0, 0.05) is 11.8 Å². The Hall–Kier alpha value is -4.60. The van der Waals surface area contributed by atoms with E-state index in [1.165, 1.54) is 17.3 Å². The molecule has 0 bridgehead atoms. The minimum atomic E-state index is -0.469. The number of carbonyl (C=O) groups excluding carboxylic acids is 1. The zero-order valence-electron chi connectivity index (χ0n) is 17.1. The van der Waals surface area contributed by atoms with Gasteiger partial charge in [-0.3, -0.25) is 10.00 Å². The largest absolute Gasteiger partial charge is 0.447 e. The highest BCUT2D eigenvalue weighted by molar-refractivity contribution is 5.90. The van der Waals surface area contributed by atoms with Crippen LogP contribution in [0.5, 0.6) is 0 Å². The number of halogens is 1. The molecule has 1 saturated heterocycles. The van der Waals surface area contributed by atoms with E-state index in [9.17, 15) is 9.18 Å². The average Bonchev–Trinajstić information content (AvgIpc) is 3.59. The molecule has 0 radical (unpaired) electrons. The van der Waals surface area contributed by atoms with Crippen LogP contribution in [0, 0.1) is 5.82 Å².